The summed E-state index contributed by atoms with van der Waals surface area (Å²) in [7, 11) is 0. The lowest BCUT2D eigenvalue weighted by molar-refractivity contribution is 0.340. The Morgan fingerprint density at radius 3 is 2.80 bits per heavy atom. The van der Waals surface area contributed by atoms with Crippen LogP contribution in [0.15, 0.2) is 30.5 Å². The first-order chi connectivity index (χ1) is 9.72. The summed E-state index contributed by atoms with van der Waals surface area (Å²) < 4.78 is 0. The van der Waals surface area contributed by atoms with E-state index in [2.05, 4.69) is 46.1 Å². The predicted octanol–water partition coefficient (Wildman–Crippen LogP) is 3.07. The van der Waals surface area contributed by atoms with Gasteiger partial charge in [0.15, 0.2) is 0 Å². The molecule has 0 radical (unpaired) electrons. The first-order valence-corrected chi connectivity index (χ1v) is 7.10. The number of aromatic amines is 2. The Hall–Kier alpha value is -2.07. The number of imidazole rings is 1. The number of hydrogen-bond acceptors (Lipinski definition) is 2. The second kappa shape index (κ2) is 4.21. The molecule has 0 amide bonds. The van der Waals surface area contributed by atoms with Crippen LogP contribution < -0.4 is 5.73 Å². The third-order valence-electron chi connectivity index (χ3n) is 4.32. The van der Waals surface area contributed by atoms with E-state index in [0.717, 1.165) is 24.4 Å². The molecule has 1 aliphatic carbocycles. The van der Waals surface area contributed by atoms with Crippen molar-refractivity contribution in [3.8, 4) is 11.3 Å². The number of nitrogens with one attached hydrogen (secondary N) is 2. The van der Waals surface area contributed by atoms with Crippen molar-refractivity contribution in [2.45, 2.75) is 31.7 Å². The summed E-state index contributed by atoms with van der Waals surface area (Å²) in [4.78, 5) is 11.5. The van der Waals surface area contributed by atoms with Gasteiger partial charge < -0.3 is 15.7 Å². The number of hydrogen-bond donors (Lipinski definition) is 3. The quantitative estimate of drug-likeness (QED) is 0.667. The van der Waals surface area contributed by atoms with Crippen molar-refractivity contribution in [2.24, 2.45) is 5.73 Å². The number of nitrogens with two attached hydrogens (primary N) is 1. The number of aryl methyl sites for hydroxylation is 1. The van der Waals surface area contributed by atoms with E-state index in [1.54, 1.807) is 0 Å². The molecule has 0 bridgehead atoms. The van der Waals surface area contributed by atoms with E-state index >= 15 is 0 Å². The highest BCUT2D eigenvalue weighted by Crippen LogP contribution is 2.36. The standard InChI is InChI=1S/C16H18N4/c1-9-15(12-4-2-3-5-13(12)19-9)14-8-18-16(20-14)10-6-11(17)7-10/h2-5,8,10-11,19H,6-7,17H2,1H3,(H,18,20). The fourth-order valence-electron chi connectivity index (χ4n) is 3.18. The molecule has 102 valence electrons. The van der Waals surface area contributed by atoms with Gasteiger partial charge in [0, 0.05) is 34.1 Å². The van der Waals surface area contributed by atoms with E-state index in [1.165, 1.54) is 22.2 Å². The molecule has 0 spiro atoms. The van der Waals surface area contributed by atoms with Crippen LogP contribution >= 0.6 is 0 Å². The lowest BCUT2D eigenvalue weighted by Gasteiger charge is -2.30. The van der Waals surface area contributed by atoms with Crippen LogP contribution in [0.3, 0.4) is 0 Å². The summed E-state index contributed by atoms with van der Waals surface area (Å²) in [6, 6.07) is 8.72. The largest absolute Gasteiger partial charge is 0.358 e. The molecule has 1 saturated carbocycles. The average Bonchev–Trinajstić information content (AvgIpc) is 2.97. The van der Waals surface area contributed by atoms with Crippen LogP contribution in [0.2, 0.25) is 0 Å². The smallest absolute Gasteiger partial charge is 0.109 e. The number of aromatic nitrogens is 3. The molecule has 20 heavy (non-hydrogen) atoms. The first-order valence-electron chi connectivity index (χ1n) is 7.10. The first kappa shape index (κ1) is 11.7. The van der Waals surface area contributed by atoms with Gasteiger partial charge in [-0.05, 0) is 25.8 Å². The van der Waals surface area contributed by atoms with Gasteiger partial charge in [0.1, 0.15) is 5.82 Å². The average molecular weight is 266 g/mol. The van der Waals surface area contributed by atoms with Crippen LogP contribution in [0.4, 0.5) is 0 Å². The number of nitrogens with zero attached hydrogens (tertiary/aromatic N) is 1. The van der Waals surface area contributed by atoms with E-state index in [9.17, 15) is 0 Å². The SMILES string of the molecule is Cc1[nH]c2ccccc2c1-c1cnc(C2CC(N)C2)[nH]1. The molecule has 0 atom stereocenters. The molecule has 1 aromatic carbocycles. The highest BCUT2D eigenvalue weighted by atomic mass is 14.9. The Kier molecular flexibility index (Phi) is 2.47. The molecule has 4 nitrogen and oxygen atoms in total. The fourth-order valence-corrected chi connectivity index (χ4v) is 3.18. The van der Waals surface area contributed by atoms with E-state index in [0.29, 0.717) is 12.0 Å². The number of para-hydroxylation sites is 1. The van der Waals surface area contributed by atoms with Crippen LogP contribution in [-0.2, 0) is 0 Å². The van der Waals surface area contributed by atoms with Crippen molar-refractivity contribution < 1.29 is 0 Å². The Labute approximate surface area is 117 Å². The minimum absolute atomic E-state index is 0.350. The van der Waals surface area contributed by atoms with E-state index in [4.69, 9.17) is 5.73 Å². The van der Waals surface area contributed by atoms with Gasteiger partial charge in [0.25, 0.3) is 0 Å². The topological polar surface area (TPSA) is 70.5 Å². The molecule has 4 heteroatoms. The number of H-pyrrole nitrogens is 2. The molecule has 1 aliphatic rings. The maximum absolute atomic E-state index is 5.86. The Balaban J connectivity index is 1.77. The van der Waals surface area contributed by atoms with Gasteiger partial charge >= 0.3 is 0 Å². The van der Waals surface area contributed by atoms with Crippen molar-refractivity contribution in [1.29, 1.82) is 0 Å². The molecule has 2 aromatic heterocycles. The zero-order valence-corrected chi connectivity index (χ0v) is 11.5. The normalized spacial score (nSPS) is 22.1. The maximum Gasteiger partial charge on any atom is 0.109 e. The van der Waals surface area contributed by atoms with E-state index in [1.807, 2.05) is 6.20 Å². The molecule has 0 unspecified atom stereocenters. The number of rotatable bonds is 2. The van der Waals surface area contributed by atoms with Crippen LogP contribution in [0, 0.1) is 6.92 Å². The molecular formula is C16H18N4. The summed E-state index contributed by atoms with van der Waals surface area (Å²) >= 11 is 0. The molecule has 4 rings (SSSR count). The van der Waals surface area contributed by atoms with Gasteiger partial charge in [0.05, 0.1) is 11.9 Å². The Bertz CT molecular complexity index is 762. The van der Waals surface area contributed by atoms with Crippen molar-refractivity contribution in [3.63, 3.8) is 0 Å². The Morgan fingerprint density at radius 2 is 2.00 bits per heavy atom. The van der Waals surface area contributed by atoms with Gasteiger partial charge in [-0.15, -0.1) is 0 Å². The summed E-state index contributed by atoms with van der Waals surface area (Å²) in [6.45, 7) is 2.11. The monoisotopic (exact) mass is 266 g/mol. The Morgan fingerprint density at radius 1 is 1.20 bits per heavy atom. The molecule has 3 aromatic rings. The maximum atomic E-state index is 5.86. The van der Waals surface area contributed by atoms with Crippen LogP contribution in [-0.4, -0.2) is 21.0 Å². The molecular weight excluding hydrogens is 248 g/mol. The van der Waals surface area contributed by atoms with Crippen molar-refractivity contribution in [3.05, 3.63) is 42.0 Å². The van der Waals surface area contributed by atoms with Crippen LogP contribution in [0.5, 0.6) is 0 Å². The summed E-state index contributed by atoms with van der Waals surface area (Å²) in [5.74, 6) is 1.58. The van der Waals surface area contributed by atoms with Crippen molar-refractivity contribution in [1.82, 2.24) is 15.0 Å². The van der Waals surface area contributed by atoms with E-state index in [-0.39, 0.29) is 0 Å². The second-order valence-electron chi connectivity index (χ2n) is 5.78. The third kappa shape index (κ3) is 1.68. The summed E-state index contributed by atoms with van der Waals surface area (Å²) in [5, 5.41) is 1.24. The fraction of sp³-hybridized carbons (Fsp3) is 0.312. The number of fused-ring (bicyclic) bond motifs is 1. The lowest BCUT2D eigenvalue weighted by Crippen LogP contribution is -2.35. The van der Waals surface area contributed by atoms with Gasteiger partial charge in [-0.1, -0.05) is 18.2 Å². The molecule has 0 aliphatic heterocycles. The zero-order valence-electron chi connectivity index (χ0n) is 11.5. The minimum atomic E-state index is 0.350. The van der Waals surface area contributed by atoms with Gasteiger partial charge in [-0.25, -0.2) is 4.98 Å². The number of benzene rings is 1. The molecule has 2 heterocycles. The highest BCUT2D eigenvalue weighted by molar-refractivity contribution is 5.96. The van der Waals surface area contributed by atoms with Gasteiger partial charge in [-0.2, -0.15) is 0 Å². The van der Waals surface area contributed by atoms with Crippen molar-refractivity contribution in [2.75, 3.05) is 0 Å². The predicted molar refractivity (Wildman–Crippen MR) is 80.6 cm³/mol. The molecule has 0 saturated heterocycles. The summed E-state index contributed by atoms with van der Waals surface area (Å²) in [5.41, 5.74) is 10.5. The second-order valence-corrected chi connectivity index (χ2v) is 5.78. The van der Waals surface area contributed by atoms with Crippen LogP contribution in [0.25, 0.3) is 22.2 Å². The highest BCUT2D eigenvalue weighted by Gasteiger charge is 2.29. The van der Waals surface area contributed by atoms with Crippen LogP contribution in [0.1, 0.15) is 30.3 Å². The van der Waals surface area contributed by atoms with Crippen molar-refractivity contribution >= 4 is 10.9 Å². The zero-order chi connectivity index (χ0) is 13.7. The molecule has 1 fully saturated rings. The van der Waals surface area contributed by atoms with E-state index < -0.39 is 0 Å². The summed E-state index contributed by atoms with van der Waals surface area (Å²) in [6.07, 6.45) is 4.03. The lowest BCUT2D eigenvalue weighted by atomic mass is 9.80. The minimum Gasteiger partial charge on any atom is -0.358 e. The third-order valence-corrected chi connectivity index (χ3v) is 4.32. The van der Waals surface area contributed by atoms with Gasteiger partial charge in [-0.3, -0.25) is 0 Å². The van der Waals surface area contributed by atoms with Gasteiger partial charge in [0.2, 0.25) is 0 Å². The molecule has 4 N–H and O–H groups in total.